The summed E-state index contributed by atoms with van der Waals surface area (Å²) in [5, 5.41) is 6.50. The standard InChI is InChI=1S/C23H18F3N7O3/c1-2-36-21(35)15-8-14(10-28-11-15)17-12-29-22(30-16-5-3-4-13(9-16)19(27)34)31-20(17)33-7-6-18(32-33)23(24,25)26/h3-12H,2H2,1H3,(H2,27,34)(H,29,30,31). The van der Waals surface area contributed by atoms with E-state index in [-0.39, 0.29) is 35.1 Å². The number of nitrogens with zero attached hydrogens (tertiary/aromatic N) is 5. The first-order valence-electron chi connectivity index (χ1n) is 10.5. The minimum atomic E-state index is -4.67. The van der Waals surface area contributed by atoms with Crippen molar-refractivity contribution in [2.45, 2.75) is 13.1 Å². The van der Waals surface area contributed by atoms with Crippen LogP contribution < -0.4 is 11.1 Å². The Bertz CT molecular complexity index is 1440. The number of anilines is 2. The largest absolute Gasteiger partial charge is 0.462 e. The van der Waals surface area contributed by atoms with Gasteiger partial charge in [-0.15, -0.1) is 0 Å². The van der Waals surface area contributed by atoms with Crippen LogP contribution in [-0.4, -0.2) is 43.2 Å². The van der Waals surface area contributed by atoms with Crippen LogP contribution in [0.3, 0.4) is 0 Å². The number of primary amides is 1. The Hall–Kier alpha value is -4.81. The number of hydrogen-bond acceptors (Lipinski definition) is 8. The number of alkyl halides is 3. The number of hydrogen-bond donors (Lipinski definition) is 2. The molecule has 1 amide bonds. The van der Waals surface area contributed by atoms with E-state index in [1.807, 2.05) is 0 Å². The number of nitrogens with two attached hydrogens (primary N) is 1. The number of halogens is 3. The van der Waals surface area contributed by atoms with Gasteiger partial charge in [-0.05, 0) is 37.3 Å². The molecule has 3 heterocycles. The van der Waals surface area contributed by atoms with Gasteiger partial charge in [0.2, 0.25) is 11.9 Å². The number of carbonyl (C=O) groups is 2. The maximum absolute atomic E-state index is 13.2. The van der Waals surface area contributed by atoms with E-state index in [1.54, 1.807) is 19.1 Å². The average molecular weight is 497 g/mol. The van der Waals surface area contributed by atoms with Gasteiger partial charge in [0.25, 0.3) is 0 Å². The van der Waals surface area contributed by atoms with Crippen molar-refractivity contribution in [3.63, 3.8) is 0 Å². The van der Waals surface area contributed by atoms with Gasteiger partial charge in [0.15, 0.2) is 11.5 Å². The lowest BCUT2D eigenvalue weighted by molar-refractivity contribution is -0.141. The van der Waals surface area contributed by atoms with Gasteiger partial charge in [-0.1, -0.05) is 6.07 Å². The minimum absolute atomic E-state index is 0.00827. The van der Waals surface area contributed by atoms with Crippen molar-refractivity contribution >= 4 is 23.5 Å². The summed E-state index contributed by atoms with van der Waals surface area (Å²) < 4.78 is 45.6. The van der Waals surface area contributed by atoms with Crippen LogP contribution in [0.5, 0.6) is 0 Å². The summed E-state index contributed by atoms with van der Waals surface area (Å²) in [5.74, 6) is -1.26. The van der Waals surface area contributed by atoms with Crippen molar-refractivity contribution in [1.29, 1.82) is 0 Å². The number of nitrogens with one attached hydrogen (secondary N) is 1. The van der Waals surface area contributed by atoms with E-state index in [0.717, 1.165) is 16.9 Å². The number of benzene rings is 1. The highest BCUT2D eigenvalue weighted by molar-refractivity contribution is 5.94. The predicted molar refractivity (Wildman–Crippen MR) is 122 cm³/mol. The molecule has 184 valence electrons. The molecule has 1 aromatic carbocycles. The fourth-order valence-corrected chi connectivity index (χ4v) is 3.20. The van der Waals surface area contributed by atoms with E-state index in [2.05, 4.69) is 25.4 Å². The van der Waals surface area contributed by atoms with Gasteiger partial charge in [-0.3, -0.25) is 9.78 Å². The van der Waals surface area contributed by atoms with Gasteiger partial charge in [0, 0.05) is 47.2 Å². The van der Waals surface area contributed by atoms with Crippen LogP contribution in [0, 0.1) is 0 Å². The molecule has 0 unspecified atom stereocenters. The maximum atomic E-state index is 13.2. The third-order valence-electron chi connectivity index (χ3n) is 4.83. The molecule has 0 aliphatic heterocycles. The molecule has 10 nitrogen and oxygen atoms in total. The van der Waals surface area contributed by atoms with Crippen molar-refractivity contribution in [2.24, 2.45) is 5.73 Å². The lowest BCUT2D eigenvalue weighted by Crippen LogP contribution is -2.11. The molecule has 4 aromatic rings. The summed E-state index contributed by atoms with van der Waals surface area (Å²) in [7, 11) is 0. The van der Waals surface area contributed by atoms with E-state index < -0.39 is 23.7 Å². The molecule has 0 fully saturated rings. The number of amides is 1. The molecule has 3 N–H and O–H groups in total. The smallest absolute Gasteiger partial charge is 0.435 e. The molecule has 0 atom stereocenters. The summed E-state index contributed by atoms with van der Waals surface area (Å²) in [6.45, 7) is 1.81. The van der Waals surface area contributed by atoms with E-state index in [1.165, 1.54) is 36.8 Å². The van der Waals surface area contributed by atoms with Crippen LogP contribution in [0.1, 0.15) is 33.3 Å². The Morgan fingerprint density at radius 3 is 2.61 bits per heavy atom. The molecule has 0 saturated carbocycles. The predicted octanol–water partition coefficient (Wildman–Crippen LogP) is 3.76. The van der Waals surface area contributed by atoms with E-state index >= 15 is 0 Å². The highest BCUT2D eigenvalue weighted by Gasteiger charge is 2.34. The number of esters is 1. The van der Waals surface area contributed by atoms with Gasteiger partial charge in [-0.2, -0.15) is 23.3 Å². The number of carbonyl (C=O) groups excluding carboxylic acids is 2. The second-order valence-electron chi connectivity index (χ2n) is 7.33. The Morgan fingerprint density at radius 2 is 1.92 bits per heavy atom. The zero-order chi connectivity index (χ0) is 25.9. The fraction of sp³-hybridized carbons (Fsp3) is 0.130. The normalized spacial score (nSPS) is 11.2. The highest BCUT2D eigenvalue weighted by Crippen LogP contribution is 2.30. The lowest BCUT2D eigenvalue weighted by atomic mass is 10.1. The molecular formula is C23H18F3N7O3. The van der Waals surface area contributed by atoms with Gasteiger partial charge in [-0.25, -0.2) is 14.5 Å². The molecule has 3 aromatic heterocycles. The number of aromatic nitrogens is 5. The fourth-order valence-electron chi connectivity index (χ4n) is 3.20. The average Bonchev–Trinajstić information content (AvgIpc) is 3.35. The SMILES string of the molecule is CCOC(=O)c1cncc(-c2cnc(Nc3cccc(C(N)=O)c3)nc2-n2ccc(C(F)(F)F)n2)c1. The molecule has 36 heavy (non-hydrogen) atoms. The monoisotopic (exact) mass is 497 g/mol. The Balaban J connectivity index is 1.80. The van der Waals surface area contributed by atoms with Crippen molar-refractivity contribution < 1.29 is 27.5 Å². The molecule has 0 aliphatic carbocycles. The van der Waals surface area contributed by atoms with E-state index in [9.17, 15) is 22.8 Å². The molecule has 0 radical (unpaired) electrons. The molecule has 4 rings (SSSR count). The van der Waals surface area contributed by atoms with Gasteiger partial charge >= 0.3 is 12.1 Å². The van der Waals surface area contributed by atoms with E-state index in [0.29, 0.717) is 11.3 Å². The Morgan fingerprint density at radius 1 is 1.11 bits per heavy atom. The second-order valence-corrected chi connectivity index (χ2v) is 7.33. The summed E-state index contributed by atoms with van der Waals surface area (Å²) in [4.78, 5) is 36.2. The highest BCUT2D eigenvalue weighted by atomic mass is 19.4. The first-order chi connectivity index (χ1) is 17.2. The summed E-state index contributed by atoms with van der Waals surface area (Å²) in [5.41, 5.74) is 5.60. The summed E-state index contributed by atoms with van der Waals surface area (Å²) in [6, 6.07) is 8.49. The van der Waals surface area contributed by atoms with Crippen molar-refractivity contribution in [2.75, 3.05) is 11.9 Å². The molecule has 0 bridgehead atoms. The van der Waals surface area contributed by atoms with E-state index in [4.69, 9.17) is 10.5 Å². The molecule has 0 spiro atoms. The Kier molecular flexibility index (Phi) is 6.63. The maximum Gasteiger partial charge on any atom is 0.435 e. The molecular weight excluding hydrogens is 479 g/mol. The summed E-state index contributed by atoms with van der Waals surface area (Å²) in [6.07, 6.45) is 0.500. The van der Waals surface area contributed by atoms with Crippen LogP contribution >= 0.6 is 0 Å². The topological polar surface area (TPSA) is 138 Å². The number of ether oxygens (including phenoxy) is 1. The van der Waals surface area contributed by atoms with Gasteiger partial charge < -0.3 is 15.8 Å². The quantitative estimate of drug-likeness (QED) is 0.368. The van der Waals surface area contributed by atoms with Crippen molar-refractivity contribution in [1.82, 2.24) is 24.7 Å². The molecule has 13 heteroatoms. The van der Waals surface area contributed by atoms with Crippen LogP contribution in [0.25, 0.3) is 16.9 Å². The lowest BCUT2D eigenvalue weighted by Gasteiger charge is -2.12. The Labute approximate surface area is 202 Å². The van der Waals surface area contributed by atoms with Crippen molar-refractivity contribution in [3.8, 4) is 16.9 Å². The molecule has 0 aliphatic rings. The third-order valence-corrected chi connectivity index (χ3v) is 4.83. The van der Waals surface area contributed by atoms with Gasteiger partial charge in [0.1, 0.15) is 0 Å². The summed E-state index contributed by atoms with van der Waals surface area (Å²) >= 11 is 0. The van der Waals surface area contributed by atoms with Crippen LogP contribution in [0.4, 0.5) is 24.8 Å². The minimum Gasteiger partial charge on any atom is -0.462 e. The number of pyridine rings is 1. The zero-order valence-corrected chi connectivity index (χ0v) is 18.7. The second kappa shape index (κ2) is 9.82. The van der Waals surface area contributed by atoms with Crippen LogP contribution in [0.15, 0.2) is 61.2 Å². The molecule has 0 saturated heterocycles. The zero-order valence-electron chi connectivity index (χ0n) is 18.7. The number of rotatable bonds is 7. The van der Waals surface area contributed by atoms with Crippen molar-refractivity contribution in [3.05, 3.63) is 78.0 Å². The third kappa shape index (κ3) is 5.29. The van der Waals surface area contributed by atoms with Crippen LogP contribution in [-0.2, 0) is 10.9 Å². The first-order valence-corrected chi connectivity index (χ1v) is 10.5. The van der Waals surface area contributed by atoms with Crippen LogP contribution in [0.2, 0.25) is 0 Å². The van der Waals surface area contributed by atoms with Gasteiger partial charge in [0.05, 0.1) is 12.2 Å². The first kappa shape index (κ1) is 24.3.